The molecule has 5 nitrogen and oxygen atoms in total. The van der Waals surface area contributed by atoms with E-state index in [2.05, 4.69) is 0 Å². The lowest BCUT2D eigenvalue weighted by atomic mass is 10.1. The molecule has 0 amide bonds. The Morgan fingerprint density at radius 1 is 1.19 bits per heavy atom. The van der Waals surface area contributed by atoms with Crippen LogP contribution in [0.3, 0.4) is 0 Å². The average Bonchev–Trinajstić information content (AvgIpc) is 2.44. The topological polar surface area (TPSA) is 72.6 Å². The summed E-state index contributed by atoms with van der Waals surface area (Å²) >= 11 is 0. The van der Waals surface area contributed by atoms with Crippen molar-refractivity contribution in [2.75, 3.05) is 25.9 Å². The van der Waals surface area contributed by atoms with Crippen molar-refractivity contribution in [1.29, 1.82) is 0 Å². The second kappa shape index (κ2) is 5.94. The fourth-order valence-electron chi connectivity index (χ4n) is 3.02. The molecule has 0 radical (unpaired) electrons. The zero-order valence-electron chi connectivity index (χ0n) is 13.1. The largest absolute Gasteiger partial charge is 0.398 e. The number of hydrogen-bond donors (Lipinski definition) is 1. The van der Waals surface area contributed by atoms with E-state index in [1.165, 1.54) is 0 Å². The van der Waals surface area contributed by atoms with Crippen LogP contribution >= 0.6 is 0 Å². The number of nitrogens with two attached hydrogens (primary N) is 1. The highest BCUT2D eigenvalue weighted by molar-refractivity contribution is 7.89. The first kappa shape index (κ1) is 16.3. The molecule has 1 aliphatic heterocycles. The second-order valence-electron chi connectivity index (χ2n) is 5.72. The Morgan fingerprint density at radius 3 is 2.29 bits per heavy atom. The van der Waals surface area contributed by atoms with Crippen LogP contribution < -0.4 is 5.73 Å². The van der Waals surface area contributed by atoms with Gasteiger partial charge in [-0.2, -0.15) is 4.31 Å². The van der Waals surface area contributed by atoms with Gasteiger partial charge in [0.2, 0.25) is 10.0 Å². The maximum atomic E-state index is 12.9. The summed E-state index contributed by atoms with van der Waals surface area (Å²) in [6.07, 6.45) is 1.62. The molecular weight excluding hydrogens is 288 g/mol. The molecule has 6 heteroatoms. The number of aryl methyl sites for hydroxylation is 2. The minimum Gasteiger partial charge on any atom is -0.398 e. The zero-order valence-corrected chi connectivity index (χ0v) is 14.0. The second-order valence-corrected chi connectivity index (χ2v) is 7.59. The van der Waals surface area contributed by atoms with E-state index < -0.39 is 10.0 Å². The fraction of sp³-hybridized carbons (Fsp3) is 0.600. The van der Waals surface area contributed by atoms with Crippen molar-refractivity contribution < 1.29 is 13.2 Å². The van der Waals surface area contributed by atoms with Crippen molar-refractivity contribution in [3.05, 3.63) is 22.8 Å². The van der Waals surface area contributed by atoms with Gasteiger partial charge in [-0.05, 0) is 50.3 Å². The summed E-state index contributed by atoms with van der Waals surface area (Å²) in [6, 6.07) is 1.84. The highest BCUT2D eigenvalue weighted by Crippen LogP contribution is 2.31. The third-order valence-corrected chi connectivity index (χ3v) is 6.48. The third kappa shape index (κ3) is 2.93. The Hall–Kier alpha value is -1.11. The molecule has 21 heavy (non-hydrogen) atoms. The molecule has 0 aliphatic carbocycles. The Labute approximate surface area is 127 Å². The molecule has 1 saturated heterocycles. The first-order valence-corrected chi connectivity index (χ1v) is 8.62. The SMILES string of the molecule is COC1CCN(S(=O)(=O)c2c(C)cc(C)c(N)c2C)CC1. The van der Waals surface area contributed by atoms with Gasteiger partial charge in [-0.15, -0.1) is 0 Å². The summed E-state index contributed by atoms with van der Waals surface area (Å²) in [4.78, 5) is 0.362. The van der Waals surface area contributed by atoms with Gasteiger partial charge in [-0.3, -0.25) is 0 Å². The minimum absolute atomic E-state index is 0.154. The summed E-state index contributed by atoms with van der Waals surface area (Å²) < 4.78 is 32.7. The van der Waals surface area contributed by atoms with Crippen LogP contribution in [0.25, 0.3) is 0 Å². The van der Waals surface area contributed by atoms with E-state index in [-0.39, 0.29) is 6.10 Å². The summed E-state index contributed by atoms with van der Waals surface area (Å²) in [5.41, 5.74) is 8.91. The number of anilines is 1. The maximum absolute atomic E-state index is 12.9. The predicted molar refractivity (Wildman–Crippen MR) is 83.9 cm³/mol. The molecular formula is C15H24N2O3S. The molecule has 2 rings (SSSR count). The van der Waals surface area contributed by atoms with Gasteiger partial charge < -0.3 is 10.5 Å². The molecule has 0 bridgehead atoms. The quantitative estimate of drug-likeness (QED) is 0.866. The Kier molecular flexibility index (Phi) is 4.60. The van der Waals surface area contributed by atoms with Crippen molar-refractivity contribution >= 4 is 15.7 Å². The molecule has 0 saturated carbocycles. The molecule has 0 atom stereocenters. The molecule has 0 unspecified atom stereocenters. The zero-order chi connectivity index (χ0) is 15.8. The third-order valence-electron chi connectivity index (χ3n) is 4.29. The van der Waals surface area contributed by atoms with Gasteiger partial charge in [0.1, 0.15) is 0 Å². The highest BCUT2D eigenvalue weighted by Gasteiger charge is 2.32. The molecule has 118 valence electrons. The van der Waals surface area contributed by atoms with Gasteiger partial charge in [0.05, 0.1) is 11.0 Å². The standard InChI is InChI=1S/C15H24N2O3S/c1-10-9-11(2)15(12(3)14(10)16)21(18,19)17-7-5-13(20-4)6-8-17/h9,13H,5-8,16H2,1-4H3. The van der Waals surface area contributed by atoms with E-state index in [9.17, 15) is 8.42 Å². The van der Waals surface area contributed by atoms with Crippen LogP contribution in [0.2, 0.25) is 0 Å². The molecule has 1 aliphatic rings. The lowest BCUT2D eigenvalue weighted by molar-refractivity contribution is 0.0604. The number of methoxy groups -OCH3 is 1. The van der Waals surface area contributed by atoms with Crippen LogP contribution in [0.4, 0.5) is 5.69 Å². The van der Waals surface area contributed by atoms with Crippen LogP contribution in [-0.2, 0) is 14.8 Å². The van der Waals surface area contributed by atoms with Crippen LogP contribution in [0, 0.1) is 20.8 Å². The number of hydrogen-bond acceptors (Lipinski definition) is 4. The lowest BCUT2D eigenvalue weighted by Gasteiger charge is -2.31. The van der Waals surface area contributed by atoms with Crippen molar-refractivity contribution in [3.63, 3.8) is 0 Å². The van der Waals surface area contributed by atoms with Crippen molar-refractivity contribution in [2.24, 2.45) is 0 Å². The number of rotatable bonds is 3. The van der Waals surface area contributed by atoms with E-state index in [1.54, 1.807) is 18.3 Å². The van der Waals surface area contributed by atoms with E-state index in [0.29, 0.717) is 29.2 Å². The van der Waals surface area contributed by atoms with Crippen molar-refractivity contribution in [2.45, 2.75) is 44.6 Å². The first-order valence-electron chi connectivity index (χ1n) is 7.18. The smallest absolute Gasteiger partial charge is 0.243 e. The first-order chi connectivity index (χ1) is 9.78. The summed E-state index contributed by atoms with van der Waals surface area (Å²) in [6.45, 7) is 6.50. The molecule has 0 spiro atoms. The maximum Gasteiger partial charge on any atom is 0.243 e. The van der Waals surface area contributed by atoms with Gasteiger partial charge >= 0.3 is 0 Å². The van der Waals surface area contributed by atoms with Gasteiger partial charge in [-0.25, -0.2) is 8.42 Å². The number of nitrogens with zero attached hydrogens (tertiary/aromatic N) is 1. The lowest BCUT2D eigenvalue weighted by Crippen LogP contribution is -2.41. The molecule has 2 N–H and O–H groups in total. The Bertz CT molecular complexity index is 633. The van der Waals surface area contributed by atoms with Crippen molar-refractivity contribution in [1.82, 2.24) is 4.31 Å². The summed E-state index contributed by atoms with van der Waals surface area (Å²) in [5, 5.41) is 0. The number of piperidine rings is 1. The highest BCUT2D eigenvalue weighted by atomic mass is 32.2. The minimum atomic E-state index is -3.50. The van der Waals surface area contributed by atoms with E-state index in [4.69, 9.17) is 10.5 Å². The number of sulfonamides is 1. The van der Waals surface area contributed by atoms with Crippen LogP contribution in [0.5, 0.6) is 0 Å². The average molecular weight is 312 g/mol. The number of benzene rings is 1. The van der Waals surface area contributed by atoms with Gasteiger partial charge in [0, 0.05) is 25.9 Å². The fourth-order valence-corrected chi connectivity index (χ4v) is 4.93. The molecule has 1 aromatic carbocycles. The summed E-state index contributed by atoms with van der Waals surface area (Å²) in [7, 11) is -1.83. The van der Waals surface area contributed by atoms with Gasteiger partial charge in [-0.1, -0.05) is 6.07 Å². The van der Waals surface area contributed by atoms with Crippen molar-refractivity contribution in [3.8, 4) is 0 Å². The van der Waals surface area contributed by atoms with E-state index in [1.807, 2.05) is 19.9 Å². The Balaban J connectivity index is 2.40. The van der Waals surface area contributed by atoms with Crippen LogP contribution in [-0.4, -0.2) is 39.0 Å². The van der Waals surface area contributed by atoms with Gasteiger partial charge in [0.25, 0.3) is 0 Å². The molecule has 1 aromatic rings. The normalized spacial score (nSPS) is 18.1. The van der Waals surface area contributed by atoms with E-state index >= 15 is 0 Å². The van der Waals surface area contributed by atoms with Crippen LogP contribution in [0.1, 0.15) is 29.5 Å². The monoisotopic (exact) mass is 312 g/mol. The summed E-state index contributed by atoms with van der Waals surface area (Å²) in [5.74, 6) is 0. The number of nitrogen functional groups attached to an aromatic ring is 1. The van der Waals surface area contributed by atoms with Crippen LogP contribution in [0.15, 0.2) is 11.0 Å². The van der Waals surface area contributed by atoms with E-state index in [0.717, 1.165) is 24.0 Å². The molecule has 1 fully saturated rings. The predicted octanol–water partition coefficient (Wildman–Crippen LogP) is 1.99. The number of ether oxygens (including phenoxy) is 1. The molecule has 1 heterocycles. The Morgan fingerprint density at radius 2 is 1.76 bits per heavy atom. The molecule has 0 aromatic heterocycles. The van der Waals surface area contributed by atoms with Gasteiger partial charge in [0.15, 0.2) is 0 Å².